The Balaban J connectivity index is 1.63. The Morgan fingerprint density at radius 2 is 2.15 bits per heavy atom. The van der Waals surface area contributed by atoms with Crippen molar-refractivity contribution in [3.8, 4) is 0 Å². The maximum absolute atomic E-state index is 12.5. The van der Waals surface area contributed by atoms with Gasteiger partial charge in [-0.3, -0.25) is 14.2 Å². The molecule has 7 nitrogen and oxygen atoms in total. The summed E-state index contributed by atoms with van der Waals surface area (Å²) in [5.74, 6) is -0.195. The van der Waals surface area contributed by atoms with Crippen LogP contribution in [0.5, 0.6) is 0 Å². The van der Waals surface area contributed by atoms with Crippen LogP contribution in [0.4, 0.5) is 5.13 Å². The van der Waals surface area contributed by atoms with Crippen molar-refractivity contribution in [1.82, 2.24) is 19.7 Å². The molecule has 0 fully saturated rings. The van der Waals surface area contributed by atoms with Gasteiger partial charge in [0.2, 0.25) is 11.0 Å². The molecule has 2 aromatic heterocycles. The third kappa shape index (κ3) is 4.13. The highest BCUT2D eigenvalue weighted by atomic mass is 32.1. The van der Waals surface area contributed by atoms with Gasteiger partial charge in [-0.2, -0.15) is 0 Å². The SMILES string of the molecule is CCCCc1nnc(NC(=O)CCn2cnc3c(C)cccc3c2=O)s1. The highest BCUT2D eigenvalue weighted by Crippen LogP contribution is 2.17. The third-order valence-corrected chi connectivity index (χ3v) is 4.99. The van der Waals surface area contributed by atoms with Crippen LogP contribution < -0.4 is 10.9 Å². The van der Waals surface area contributed by atoms with Crippen molar-refractivity contribution in [2.24, 2.45) is 0 Å². The van der Waals surface area contributed by atoms with E-state index in [0.717, 1.165) is 29.8 Å². The fourth-order valence-electron chi connectivity index (χ4n) is 2.63. The summed E-state index contributed by atoms with van der Waals surface area (Å²) in [7, 11) is 0. The van der Waals surface area contributed by atoms with E-state index < -0.39 is 0 Å². The minimum Gasteiger partial charge on any atom is -0.300 e. The zero-order valence-corrected chi connectivity index (χ0v) is 15.7. The number of amides is 1. The Labute approximate surface area is 155 Å². The Kier molecular flexibility index (Phi) is 5.72. The number of para-hydroxylation sites is 1. The number of nitrogens with one attached hydrogen (secondary N) is 1. The normalized spacial score (nSPS) is 11.0. The maximum Gasteiger partial charge on any atom is 0.261 e. The number of hydrogen-bond donors (Lipinski definition) is 1. The molecule has 1 N–H and O–H groups in total. The Morgan fingerprint density at radius 3 is 2.96 bits per heavy atom. The maximum atomic E-state index is 12.5. The summed E-state index contributed by atoms with van der Waals surface area (Å²) in [5, 5.41) is 12.8. The molecule has 0 aliphatic carbocycles. The minimum absolute atomic E-state index is 0.135. The fraction of sp³-hybridized carbons (Fsp3) is 0.389. The lowest BCUT2D eigenvalue weighted by molar-refractivity contribution is -0.116. The van der Waals surface area contributed by atoms with Crippen molar-refractivity contribution in [3.63, 3.8) is 0 Å². The molecule has 0 unspecified atom stereocenters. The first-order valence-electron chi connectivity index (χ1n) is 8.65. The number of aryl methyl sites for hydroxylation is 3. The molecule has 0 atom stereocenters. The predicted octanol–water partition coefficient (Wildman–Crippen LogP) is 2.93. The van der Waals surface area contributed by atoms with Crippen molar-refractivity contribution < 1.29 is 4.79 Å². The fourth-order valence-corrected chi connectivity index (χ4v) is 3.43. The first-order chi connectivity index (χ1) is 12.6. The lowest BCUT2D eigenvalue weighted by Crippen LogP contribution is -2.23. The van der Waals surface area contributed by atoms with Crippen molar-refractivity contribution in [3.05, 3.63) is 45.5 Å². The molecule has 0 aliphatic rings. The van der Waals surface area contributed by atoms with Gasteiger partial charge in [0.1, 0.15) is 5.01 Å². The smallest absolute Gasteiger partial charge is 0.261 e. The highest BCUT2D eigenvalue weighted by Gasteiger charge is 2.10. The molecule has 3 aromatic rings. The number of fused-ring (bicyclic) bond motifs is 1. The van der Waals surface area contributed by atoms with Gasteiger partial charge in [-0.25, -0.2) is 4.98 Å². The molecule has 2 heterocycles. The number of anilines is 1. The zero-order chi connectivity index (χ0) is 18.5. The molecular weight excluding hydrogens is 350 g/mol. The summed E-state index contributed by atoms with van der Waals surface area (Å²) in [5.41, 5.74) is 1.52. The third-order valence-electron chi connectivity index (χ3n) is 4.09. The van der Waals surface area contributed by atoms with E-state index in [1.54, 1.807) is 6.07 Å². The van der Waals surface area contributed by atoms with Crippen LogP contribution in [-0.4, -0.2) is 25.7 Å². The molecule has 26 heavy (non-hydrogen) atoms. The van der Waals surface area contributed by atoms with Crippen molar-refractivity contribution in [2.45, 2.75) is 46.1 Å². The first-order valence-corrected chi connectivity index (χ1v) is 9.47. The minimum atomic E-state index is -0.195. The van der Waals surface area contributed by atoms with Crippen molar-refractivity contribution in [1.29, 1.82) is 0 Å². The molecule has 0 saturated carbocycles. The zero-order valence-electron chi connectivity index (χ0n) is 14.9. The van der Waals surface area contributed by atoms with Gasteiger partial charge in [0.15, 0.2) is 0 Å². The van der Waals surface area contributed by atoms with Gasteiger partial charge in [-0.05, 0) is 25.0 Å². The van der Waals surface area contributed by atoms with Crippen molar-refractivity contribution in [2.75, 3.05) is 5.32 Å². The summed E-state index contributed by atoms with van der Waals surface area (Å²) in [6, 6.07) is 5.51. The molecule has 3 rings (SSSR count). The summed E-state index contributed by atoms with van der Waals surface area (Å²) < 4.78 is 1.47. The Bertz CT molecular complexity index is 979. The van der Waals surface area contributed by atoms with Gasteiger partial charge in [-0.15, -0.1) is 10.2 Å². The van der Waals surface area contributed by atoms with Gasteiger partial charge < -0.3 is 5.32 Å². The van der Waals surface area contributed by atoms with Gasteiger partial charge >= 0.3 is 0 Å². The quantitative estimate of drug-likeness (QED) is 0.690. The summed E-state index contributed by atoms with van der Waals surface area (Å²) >= 11 is 1.39. The molecule has 0 saturated heterocycles. The van der Waals surface area contributed by atoms with Gasteiger partial charge in [-0.1, -0.05) is 36.8 Å². The summed E-state index contributed by atoms with van der Waals surface area (Å²) in [4.78, 5) is 29.0. The molecule has 1 amide bonds. The molecule has 136 valence electrons. The Morgan fingerprint density at radius 1 is 1.31 bits per heavy atom. The second kappa shape index (κ2) is 8.18. The predicted molar refractivity (Wildman–Crippen MR) is 103 cm³/mol. The second-order valence-corrected chi connectivity index (χ2v) is 7.18. The lowest BCUT2D eigenvalue weighted by atomic mass is 10.1. The molecule has 1 aromatic carbocycles. The van der Waals surface area contributed by atoms with E-state index in [-0.39, 0.29) is 24.4 Å². The van der Waals surface area contributed by atoms with Crippen molar-refractivity contribution >= 4 is 33.3 Å². The second-order valence-electron chi connectivity index (χ2n) is 6.12. The van der Waals surface area contributed by atoms with E-state index in [1.807, 2.05) is 19.1 Å². The van der Waals surface area contributed by atoms with E-state index in [1.165, 1.54) is 22.2 Å². The molecule has 0 radical (unpaired) electrons. The highest BCUT2D eigenvalue weighted by molar-refractivity contribution is 7.15. The number of aromatic nitrogens is 4. The Hall–Kier alpha value is -2.61. The molecule has 8 heteroatoms. The average Bonchev–Trinajstić information content (AvgIpc) is 3.07. The number of benzene rings is 1. The van der Waals surface area contributed by atoms with Crippen LogP contribution in [-0.2, 0) is 17.8 Å². The number of nitrogens with zero attached hydrogens (tertiary/aromatic N) is 4. The number of carbonyl (C=O) groups is 1. The van der Waals surface area contributed by atoms with Crippen LogP contribution in [0, 0.1) is 6.92 Å². The standard InChI is InChI=1S/C18H21N5O2S/c1-3-4-8-15-21-22-18(26-15)20-14(24)9-10-23-11-19-16-12(2)6-5-7-13(16)17(23)25/h5-7,11H,3-4,8-10H2,1-2H3,(H,20,22,24). The van der Waals surface area contributed by atoms with Crippen LogP contribution in [0.3, 0.4) is 0 Å². The van der Waals surface area contributed by atoms with E-state index in [2.05, 4.69) is 27.4 Å². The first kappa shape index (κ1) is 18.2. The largest absolute Gasteiger partial charge is 0.300 e. The number of rotatable bonds is 7. The van der Waals surface area contributed by atoms with E-state index in [4.69, 9.17) is 0 Å². The topological polar surface area (TPSA) is 89.8 Å². The van der Waals surface area contributed by atoms with Crippen LogP contribution >= 0.6 is 11.3 Å². The average molecular weight is 371 g/mol. The van der Waals surface area contributed by atoms with Gasteiger partial charge in [0, 0.05) is 19.4 Å². The van der Waals surface area contributed by atoms with Crippen LogP contribution in [0.2, 0.25) is 0 Å². The molecular formula is C18H21N5O2S. The van der Waals surface area contributed by atoms with E-state index in [9.17, 15) is 9.59 Å². The van der Waals surface area contributed by atoms with E-state index in [0.29, 0.717) is 16.0 Å². The summed E-state index contributed by atoms with van der Waals surface area (Å²) in [6.45, 7) is 4.31. The van der Waals surface area contributed by atoms with Gasteiger partial charge in [0.25, 0.3) is 5.56 Å². The van der Waals surface area contributed by atoms with Crippen LogP contribution in [0.1, 0.15) is 36.8 Å². The molecule has 0 aliphatic heterocycles. The van der Waals surface area contributed by atoms with Crippen LogP contribution in [0.25, 0.3) is 10.9 Å². The monoisotopic (exact) mass is 371 g/mol. The number of hydrogen-bond acceptors (Lipinski definition) is 6. The molecule has 0 spiro atoms. The van der Waals surface area contributed by atoms with Gasteiger partial charge in [0.05, 0.1) is 17.2 Å². The summed E-state index contributed by atoms with van der Waals surface area (Å²) in [6.07, 6.45) is 4.69. The van der Waals surface area contributed by atoms with Crippen LogP contribution in [0.15, 0.2) is 29.3 Å². The number of unbranched alkanes of at least 4 members (excludes halogenated alkanes) is 1. The lowest BCUT2D eigenvalue weighted by Gasteiger charge is -2.07. The molecule has 0 bridgehead atoms. The number of carbonyl (C=O) groups excluding carboxylic acids is 1. The van der Waals surface area contributed by atoms with E-state index >= 15 is 0 Å².